The minimum atomic E-state index is -1.02. The molecule has 1 heterocycles. The van der Waals surface area contributed by atoms with Gasteiger partial charge in [-0.25, -0.2) is 13.8 Å². The Morgan fingerprint density at radius 1 is 1.07 bits per heavy atom. The normalized spacial score (nSPS) is 18.9. The standard InChI is InChI=1S/C18H21F2N5O.ClH/c1-21-16-8-9-22-18(25-16)24-13-5-3-12(4-6-13)23-17(26)11-2-7-14(19)15(20)10-11;/h2,7-10,12-13H,3-6H2,1H3,(H,23,26)(H2,21,22,24,25);1H. The summed E-state index contributed by atoms with van der Waals surface area (Å²) < 4.78 is 26.2. The maximum Gasteiger partial charge on any atom is 0.251 e. The Balaban J connectivity index is 0.00000261. The lowest BCUT2D eigenvalue weighted by Crippen LogP contribution is -2.40. The summed E-state index contributed by atoms with van der Waals surface area (Å²) in [5, 5.41) is 9.16. The molecule has 27 heavy (non-hydrogen) atoms. The van der Waals surface area contributed by atoms with Gasteiger partial charge in [0.15, 0.2) is 11.6 Å². The molecule has 0 unspecified atom stereocenters. The fourth-order valence-corrected chi connectivity index (χ4v) is 3.04. The number of amides is 1. The van der Waals surface area contributed by atoms with Crippen LogP contribution in [0.3, 0.4) is 0 Å². The van der Waals surface area contributed by atoms with Gasteiger partial charge in [-0.1, -0.05) is 0 Å². The van der Waals surface area contributed by atoms with Gasteiger partial charge in [-0.05, 0) is 49.9 Å². The zero-order valence-electron chi connectivity index (χ0n) is 14.8. The molecule has 1 aromatic heterocycles. The summed E-state index contributed by atoms with van der Waals surface area (Å²) in [6.45, 7) is 0. The summed E-state index contributed by atoms with van der Waals surface area (Å²) in [6.07, 6.45) is 4.98. The molecule has 146 valence electrons. The number of hydrogen-bond donors (Lipinski definition) is 3. The maximum atomic E-state index is 13.3. The number of nitrogens with zero attached hydrogens (tertiary/aromatic N) is 2. The lowest BCUT2D eigenvalue weighted by Gasteiger charge is -2.29. The molecule has 3 rings (SSSR count). The monoisotopic (exact) mass is 397 g/mol. The van der Waals surface area contributed by atoms with Crippen molar-refractivity contribution >= 4 is 30.1 Å². The SMILES string of the molecule is CNc1ccnc(NC2CCC(NC(=O)c3ccc(F)c(F)c3)CC2)n1.Cl. The average molecular weight is 398 g/mol. The Bertz CT molecular complexity index is 784. The molecule has 1 aliphatic rings. The smallest absolute Gasteiger partial charge is 0.251 e. The number of benzene rings is 1. The van der Waals surface area contributed by atoms with Crippen LogP contribution in [0.2, 0.25) is 0 Å². The molecule has 9 heteroatoms. The van der Waals surface area contributed by atoms with Gasteiger partial charge in [0.2, 0.25) is 5.95 Å². The highest BCUT2D eigenvalue weighted by Crippen LogP contribution is 2.22. The van der Waals surface area contributed by atoms with Crippen LogP contribution >= 0.6 is 12.4 Å². The van der Waals surface area contributed by atoms with E-state index in [2.05, 4.69) is 25.9 Å². The van der Waals surface area contributed by atoms with Gasteiger partial charge in [0.25, 0.3) is 5.91 Å². The van der Waals surface area contributed by atoms with Crippen LogP contribution in [0, 0.1) is 11.6 Å². The van der Waals surface area contributed by atoms with Gasteiger partial charge in [0.05, 0.1) is 0 Å². The van der Waals surface area contributed by atoms with Gasteiger partial charge in [-0.3, -0.25) is 4.79 Å². The molecule has 1 saturated carbocycles. The molecular formula is C18H22ClF2N5O. The molecule has 0 aliphatic heterocycles. The van der Waals surface area contributed by atoms with Crippen LogP contribution in [-0.4, -0.2) is 35.0 Å². The van der Waals surface area contributed by atoms with Crippen LogP contribution in [0.5, 0.6) is 0 Å². The van der Waals surface area contributed by atoms with Crippen molar-refractivity contribution in [3.63, 3.8) is 0 Å². The molecule has 0 bridgehead atoms. The molecule has 0 spiro atoms. The molecule has 1 amide bonds. The molecule has 0 saturated heterocycles. The number of anilines is 2. The largest absolute Gasteiger partial charge is 0.373 e. The van der Waals surface area contributed by atoms with Gasteiger partial charge in [-0.2, -0.15) is 4.98 Å². The van der Waals surface area contributed by atoms with Crippen LogP contribution in [0.25, 0.3) is 0 Å². The van der Waals surface area contributed by atoms with Crippen molar-refractivity contribution in [3.05, 3.63) is 47.7 Å². The maximum absolute atomic E-state index is 13.3. The van der Waals surface area contributed by atoms with E-state index in [0.717, 1.165) is 43.6 Å². The first-order chi connectivity index (χ1) is 12.5. The second-order valence-electron chi connectivity index (χ2n) is 6.31. The van der Waals surface area contributed by atoms with E-state index in [1.54, 1.807) is 19.3 Å². The highest BCUT2D eigenvalue weighted by atomic mass is 35.5. The highest BCUT2D eigenvalue weighted by molar-refractivity contribution is 5.94. The summed E-state index contributed by atoms with van der Waals surface area (Å²) >= 11 is 0. The van der Waals surface area contributed by atoms with Crippen LogP contribution < -0.4 is 16.0 Å². The van der Waals surface area contributed by atoms with E-state index in [4.69, 9.17) is 0 Å². The summed E-state index contributed by atoms with van der Waals surface area (Å²) in [4.78, 5) is 20.7. The zero-order chi connectivity index (χ0) is 18.5. The van der Waals surface area contributed by atoms with E-state index in [-0.39, 0.29) is 36.0 Å². The molecule has 0 radical (unpaired) electrons. The highest BCUT2D eigenvalue weighted by Gasteiger charge is 2.23. The van der Waals surface area contributed by atoms with Crippen LogP contribution in [0.1, 0.15) is 36.0 Å². The molecule has 0 atom stereocenters. The van der Waals surface area contributed by atoms with E-state index in [0.29, 0.717) is 5.95 Å². The van der Waals surface area contributed by atoms with Crippen molar-refractivity contribution < 1.29 is 13.6 Å². The van der Waals surface area contributed by atoms with E-state index >= 15 is 0 Å². The third-order valence-corrected chi connectivity index (χ3v) is 4.49. The lowest BCUT2D eigenvalue weighted by atomic mass is 9.91. The Hall–Kier alpha value is -2.48. The topological polar surface area (TPSA) is 78.9 Å². The summed E-state index contributed by atoms with van der Waals surface area (Å²) in [7, 11) is 1.80. The van der Waals surface area contributed by atoms with E-state index in [9.17, 15) is 13.6 Å². The molecule has 1 fully saturated rings. The number of hydrogen-bond acceptors (Lipinski definition) is 5. The fourth-order valence-electron chi connectivity index (χ4n) is 3.04. The van der Waals surface area contributed by atoms with Crippen molar-refractivity contribution in [1.29, 1.82) is 0 Å². The summed E-state index contributed by atoms with van der Waals surface area (Å²) in [5.41, 5.74) is 0.126. The third-order valence-electron chi connectivity index (χ3n) is 4.49. The van der Waals surface area contributed by atoms with Gasteiger partial charge in [0.1, 0.15) is 5.82 Å². The molecule has 6 nitrogen and oxygen atoms in total. The Kier molecular flexibility index (Phi) is 7.29. The minimum Gasteiger partial charge on any atom is -0.373 e. The molecule has 1 aromatic carbocycles. The van der Waals surface area contributed by atoms with E-state index in [1.807, 2.05) is 0 Å². The number of carbonyl (C=O) groups is 1. The number of halogens is 3. The van der Waals surface area contributed by atoms with Crippen LogP contribution in [0.4, 0.5) is 20.5 Å². The predicted octanol–water partition coefficient (Wildman–Crippen LogP) is 3.37. The number of rotatable bonds is 5. The quantitative estimate of drug-likeness (QED) is 0.721. The summed E-state index contributed by atoms with van der Waals surface area (Å²) in [6, 6.07) is 5.20. The molecule has 2 aromatic rings. The third kappa shape index (κ3) is 5.50. The molecule has 3 N–H and O–H groups in total. The van der Waals surface area contributed by atoms with Crippen molar-refractivity contribution in [2.75, 3.05) is 17.7 Å². The number of carbonyl (C=O) groups excluding carboxylic acids is 1. The first kappa shape index (κ1) is 20.8. The van der Waals surface area contributed by atoms with Crippen molar-refractivity contribution in [2.24, 2.45) is 0 Å². The second kappa shape index (κ2) is 9.45. The lowest BCUT2D eigenvalue weighted by molar-refractivity contribution is 0.0926. The predicted molar refractivity (Wildman–Crippen MR) is 102 cm³/mol. The second-order valence-corrected chi connectivity index (χ2v) is 6.31. The Labute approximate surface area is 162 Å². The number of aromatic nitrogens is 2. The Morgan fingerprint density at radius 2 is 1.78 bits per heavy atom. The van der Waals surface area contributed by atoms with Crippen molar-refractivity contribution in [2.45, 2.75) is 37.8 Å². The van der Waals surface area contributed by atoms with Crippen molar-refractivity contribution in [1.82, 2.24) is 15.3 Å². The minimum absolute atomic E-state index is 0. The fraction of sp³-hybridized carbons (Fsp3) is 0.389. The van der Waals surface area contributed by atoms with Gasteiger partial charge in [0, 0.05) is 30.9 Å². The Morgan fingerprint density at radius 3 is 2.44 bits per heavy atom. The van der Waals surface area contributed by atoms with Gasteiger partial charge < -0.3 is 16.0 Å². The molecular weight excluding hydrogens is 376 g/mol. The van der Waals surface area contributed by atoms with Gasteiger partial charge in [-0.15, -0.1) is 12.4 Å². The van der Waals surface area contributed by atoms with Gasteiger partial charge >= 0.3 is 0 Å². The first-order valence-electron chi connectivity index (χ1n) is 8.58. The first-order valence-corrected chi connectivity index (χ1v) is 8.58. The van der Waals surface area contributed by atoms with Crippen LogP contribution in [-0.2, 0) is 0 Å². The van der Waals surface area contributed by atoms with E-state index < -0.39 is 11.6 Å². The van der Waals surface area contributed by atoms with Crippen LogP contribution in [0.15, 0.2) is 30.5 Å². The zero-order valence-corrected chi connectivity index (χ0v) is 15.7. The summed E-state index contributed by atoms with van der Waals surface area (Å²) in [5.74, 6) is -1.04. The van der Waals surface area contributed by atoms with Crippen molar-refractivity contribution in [3.8, 4) is 0 Å². The average Bonchev–Trinajstić information content (AvgIpc) is 2.65. The molecule has 1 aliphatic carbocycles. The van der Waals surface area contributed by atoms with E-state index in [1.165, 1.54) is 6.07 Å². The number of nitrogens with one attached hydrogen (secondary N) is 3.